The minimum absolute atomic E-state index is 0.205. The van der Waals surface area contributed by atoms with Crippen LogP contribution in [0.15, 0.2) is 72.4 Å². The Morgan fingerprint density at radius 1 is 1.15 bits per heavy atom. The second kappa shape index (κ2) is 7.73. The maximum Gasteiger partial charge on any atom is 0.270 e. The molecule has 0 unspecified atom stereocenters. The molecule has 0 radical (unpaired) electrons. The van der Waals surface area contributed by atoms with E-state index in [1.54, 1.807) is 46.6 Å². The molecule has 0 atom stereocenters. The number of benzene rings is 1. The third-order valence-corrected chi connectivity index (χ3v) is 5.11. The first kappa shape index (κ1) is 17.5. The molecule has 4 aromatic rings. The molecular formula is C20H15ClN4OS. The van der Waals surface area contributed by atoms with Crippen LogP contribution in [0.2, 0.25) is 5.02 Å². The van der Waals surface area contributed by atoms with Gasteiger partial charge in [0.05, 0.1) is 10.6 Å². The molecule has 3 aromatic heterocycles. The molecule has 1 N–H and O–H groups in total. The van der Waals surface area contributed by atoms with Crippen LogP contribution in [0.3, 0.4) is 0 Å². The van der Waals surface area contributed by atoms with Crippen molar-refractivity contribution in [2.24, 2.45) is 0 Å². The summed E-state index contributed by atoms with van der Waals surface area (Å²) in [7, 11) is 0. The highest BCUT2D eigenvalue weighted by Crippen LogP contribution is 2.26. The van der Waals surface area contributed by atoms with E-state index in [1.807, 2.05) is 41.8 Å². The van der Waals surface area contributed by atoms with Gasteiger partial charge in [-0.1, -0.05) is 23.7 Å². The van der Waals surface area contributed by atoms with Crippen LogP contribution in [-0.2, 0) is 6.54 Å². The smallest absolute Gasteiger partial charge is 0.270 e. The average Bonchev–Trinajstić information content (AvgIpc) is 3.37. The van der Waals surface area contributed by atoms with Crippen LogP contribution in [0.5, 0.6) is 0 Å². The van der Waals surface area contributed by atoms with E-state index < -0.39 is 0 Å². The van der Waals surface area contributed by atoms with Crippen molar-refractivity contribution in [2.75, 3.05) is 0 Å². The number of hydrogen-bond acceptors (Lipinski definition) is 4. The van der Waals surface area contributed by atoms with Crippen molar-refractivity contribution in [1.29, 1.82) is 0 Å². The Balaban J connectivity index is 1.67. The molecule has 0 spiro atoms. The number of halogens is 1. The molecule has 0 aliphatic heterocycles. The first-order valence-electron chi connectivity index (χ1n) is 8.28. The van der Waals surface area contributed by atoms with Crippen molar-refractivity contribution >= 4 is 28.8 Å². The van der Waals surface area contributed by atoms with Gasteiger partial charge < -0.3 is 5.32 Å². The number of hydrogen-bond donors (Lipinski definition) is 1. The minimum atomic E-state index is -0.205. The monoisotopic (exact) mass is 394 g/mol. The number of rotatable bonds is 5. The maximum atomic E-state index is 12.8. The van der Waals surface area contributed by atoms with Gasteiger partial charge in [-0.05, 0) is 53.4 Å². The molecule has 0 saturated heterocycles. The third-order valence-electron chi connectivity index (χ3n) is 3.96. The van der Waals surface area contributed by atoms with E-state index in [-0.39, 0.29) is 5.91 Å². The van der Waals surface area contributed by atoms with Gasteiger partial charge in [0, 0.05) is 24.0 Å². The van der Waals surface area contributed by atoms with Gasteiger partial charge in [0.2, 0.25) is 0 Å². The Bertz CT molecular complexity index is 1040. The summed E-state index contributed by atoms with van der Waals surface area (Å²) in [6.45, 7) is 0.396. The molecule has 0 aliphatic rings. The van der Waals surface area contributed by atoms with E-state index in [9.17, 15) is 4.79 Å². The van der Waals surface area contributed by atoms with Gasteiger partial charge in [-0.2, -0.15) is 5.10 Å². The Hall–Kier alpha value is -2.96. The summed E-state index contributed by atoms with van der Waals surface area (Å²) in [6, 6.07) is 16.7. The topological polar surface area (TPSA) is 59.8 Å². The molecule has 1 amide bonds. The van der Waals surface area contributed by atoms with Crippen molar-refractivity contribution in [3.8, 4) is 16.3 Å². The van der Waals surface area contributed by atoms with Crippen LogP contribution in [0.1, 0.15) is 16.1 Å². The lowest BCUT2D eigenvalue weighted by atomic mass is 10.2. The zero-order valence-electron chi connectivity index (χ0n) is 14.2. The average molecular weight is 395 g/mol. The lowest BCUT2D eigenvalue weighted by molar-refractivity contribution is 0.0943. The van der Waals surface area contributed by atoms with E-state index in [1.165, 1.54) is 0 Å². The zero-order chi connectivity index (χ0) is 18.6. The normalized spacial score (nSPS) is 10.7. The van der Waals surface area contributed by atoms with Crippen LogP contribution >= 0.6 is 22.9 Å². The van der Waals surface area contributed by atoms with Gasteiger partial charge in [0.1, 0.15) is 11.4 Å². The molecule has 7 heteroatoms. The second-order valence-corrected chi connectivity index (χ2v) is 7.21. The number of aromatic nitrogens is 3. The summed E-state index contributed by atoms with van der Waals surface area (Å²) in [4.78, 5) is 17.9. The number of thiophene rings is 1. The molecule has 1 aromatic carbocycles. The standard InChI is InChI=1S/C20H15ClN4OS/c21-15-5-7-16(8-6-15)25-18(11-17(24-25)19-4-2-10-27-19)20(26)23-13-14-3-1-9-22-12-14/h1-12H,13H2,(H,23,26). The van der Waals surface area contributed by atoms with Crippen molar-refractivity contribution in [3.05, 3.63) is 88.7 Å². The minimum Gasteiger partial charge on any atom is -0.347 e. The van der Waals surface area contributed by atoms with E-state index in [0.29, 0.717) is 17.3 Å². The van der Waals surface area contributed by atoms with Gasteiger partial charge in [0.25, 0.3) is 5.91 Å². The SMILES string of the molecule is O=C(NCc1cccnc1)c1cc(-c2cccs2)nn1-c1ccc(Cl)cc1. The Morgan fingerprint density at radius 3 is 2.70 bits per heavy atom. The number of carbonyl (C=O) groups is 1. The predicted octanol–water partition coefficient (Wildman–Crippen LogP) is 4.58. The molecule has 4 rings (SSSR count). The highest BCUT2D eigenvalue weighted by Gasteiger charge is 2.18. The van der Waals surface area contributed by atoms with E-state index >= 15 is 0 Å². The van der Waals surface area contributed by atoms with E-state index in [0.717, 1.165) is 21.8 Å². The van der Waals surface area contributed by atoms with Crippen molar-refractivity contribution in [2.45, 2.75) is 6.54 Å². The lowest BCUT2D eigenvalue weighted by Crippen LogP contribution is -2.25. The Labute approximate surface area is 165 Å². The third kappa shape index (κ3) is 3.92. The van der Waals surface area contributed by atoms with E-state index in [2.05, 4.69) is 15.4 Å². The molecule has 0 bridgehead atoms. The second-order valence-electron chi connectivity index (χ2n) is 5.82. The zero-order valence-corrected chi connectivity index (χ0v) is 15.7. The van der Waals surface area contributed by atoms with Crippen LogP contribution in [-0.4, -0.2) is 20.7 Å². The number of carbonyl (C=O) groups excluding carboxylic acids is 1. The summed E-state index contributed by atoms with van der Waals surface area (Å²) in [5.41, 5.74) is 2.92. The predicted molar refractivity (Wildman–Crippen MR) is 107 cm³/mol. The lowest BCUT2D eigenvalue weighted by Gasteiger charge is -2.08. The first-order chi connectivity index (χ1) is 13.2. The molecular weight excluding hydrogens is 380 g/mol. The van der Waals surface area contributed by atoms with Gasteiger partial charge in [-0.3, -0.25) is 9.78 Å². The molecule has 5 nitrogen and oxygen atoms in total. The molecule has 0 aliphatic carbocycles. The molecule has 134 valence electrons. The van der Waals surface area contributed by atoms with Crippen molar-refractivity contribution in [3.63, 3.8) is 0 Å². The fourth-order valence-electron chi connectivity index (χ4n) is 2.64. The van der Waals surface area contributed by atoms with Crippen LogP contribution < -0.4 is 5.32 Å². The molecule has 0 fully saturated rings. The number of pyridine rings is 1. The van der Waals surface area contributed by atoms with Crippen molar-refractivity contribution < 1.29 is 4.79 Å². The highest BCUT2D eigenvalue weighted by molar-refractivity contribution is 7.13. The quantitative estimate of drug-likeness (QED) is 0.539. The number of amides is 1. The van der Waals surface area contributed by atoms with Gasteiger partial charge in [-0.15, -0.1) is 11.3 Å². The summed E-state index contributed by atoms with van der Waals surface area (Å²) < 4.78 is 1.64. The molecule has 27 heavy (non-hydrogen) atoms. The Morgan fingerprint density at radius 2 is 2.00 bits per heavy atom. The fraction of sp³-hybridized carbons (Fsp3) is 0.0500. The number of nitrogens with one attached hydrogen (secondary N) is 1. The van der Waals surface area contributed by atoms with Crippen molar-refractivity contribution in [1.82, 2.24) is 20.1 Å². The summed E-state index contributed by atoms with van der Waals surface area (Å²) in [6.07, 6.45) is 3.43. The number of nitrogens with zero attached hydrogens (tertiary/aromatic N) is 3. The maximum absolute atomic E-state index is 12.8. The first-order valence-corrected chi connectivity index (χ1v) is 9.53. The highest BCUT2D eigenvalue weighted by atomic mass is 35.5. The molecule has 3 heterocycles. The van der Waals surface area contributed by atoms with E-state index in [4.69, 9.17) is 11.6 Å². The van der Waals surface area contributed by atoms with Gasteiger partial charge >= 0.3 is 0 Å². The van der Waals surface area contributed by atoms with Crippen LogP contribution in [0.25, 0.3) is 16.3 Å². The van der Waals surface area contributed by atoms with Gasteiger partial charge in [0.15, 0.2) is 0 Å². The van der Waals surface area contributed by atoms with Crippen LogP contribution in [0.4, 0.5) is 0 Å². The largest absolute Gasteiger partial charge is 0.347 e. The summed E-state index contributed by atoms with van der Waals surface area (Å²) >= 11 is 7.57. The summed E-state index contributed by atoms with van der Waals surface area (Å²) in [5.74, 6) is -0.205. The molecule has 0 saturated carbocycles. The van der Waals surface area contributed by atoms with Gasteiger partial charge in [-0.25, -0.2) is 4.68 Å². The summed E-state index contributed by atoms with van der Waals surface area (Å²) in [5, 5.41) is 10.2. The van der Waals surface area contributed by atoms with Crippen LogP contribution in [0, 0.1) is 0 Å². The fourth-order valence-corrected chi connectivity index (χ4v) is 3.45. The Kier molecular flexibility index (Phi) is 5.00.